The molecular formula is C15H22N3O2+. The van der Waals surface area contributed by atoms with Gasteiger partial charge in [-0.05, 0) is 19.4 Å². The lowest BCUT2D eigenvalue weighted by atomic mass is 9.87. The summed E-state index contributed by atoms with van der Waals surface area (Å²) < 4.78 is 5.86. The van der Waals surface area contributed by atoms with E-state index in [0.717, 1.165) is 29.7 Å². The number of nitrogens with one attached hydrogen (secondary N) is 2. The molecule has 0 aromatic carbocycles. The molecule has 0 amide bonds. The molecule has 2 heterocycles. The number of aliphatic hydroxyl groups excluding tert-OH is 1. The van der Waals surface area contributed by atoms with Crippen LogP contribution in [0.25, 0.3) is 0 Å². The number of aliphatic hydroxyl groups is 1. The molecule has 0 spiro atoms. The molecule has 5 heteroatoms. The van der Waals surface area contributed by atoms with E-state index in [-0.39, 0.29) is 12.2 Å². The Morgan fingerprint density at radius 1 is 1.45 bits per heavy atom. The molecule has 1 aromatic heterocycles. The average Bonchev–Trinajstić information content (AvgIpc) is 2.42. The fourth-order valence-corrected chi connectivity index (χ4v) is 2.62. The Morgan fingerprint density at radius 3 is 2.80 bits per heavy atom. The third kappa shape index (κ3) is 2.77. The molecule has 1 aliphatic rings. The van der Waals surface area contributed by atoms with Gasteiger partial charge in [0.2, 0.25) is 0 Å². The summed E-state index contributed by atoms with van der Waals surface area (Å²) in [6, 6.07) is 2.29. The quantitative estimate of drug-likeness (QED) is 0.865. The Bertz CT molecular complexity index is 547. The molecule has 108 valence electrons. The predicted molar refractivity (Wildman–Crippen MR) is 75.2 cm³/mol. The van der Waals surface area contributed by atoms with Gasteiger partial charge in [-0.3, -0.25) is 5.32 Å². The first-order valence-corrected chi connectivity index (χ1v) is 7.01. The molecule has 1 aromatic rings. The van der Waals surface area contributed by atoms with Crippen LogP contribution in [0.15, 0.2) is 0 Å². The Labute approximate surface area is 119 Å². The lowest BCUT2D eigenvalue weighted by molar-refractivity contribution is -0.375. The van der Waals surface area contributed by atoms with Gasteiger partial charge in [0.1, 0.15) is 23.9 Å². The number of H-pyrrole nitrogens is 1. The molecule has 5 nitrogen and oxygen atoms in total. The Morgan fingerprint density at radius 2 is 2.20 bits per heavy atom. The lowest BCUT2D eigenvalue weighted by Gasteiger charge is -2.32. The molecule has 3 N–H and O–H groups in total. The number of nitrogens with zero attached hydrogens (tertiary/aromatic N) is 1. The highest BCUT2D eigenvalue weighted by Crippen LogP contribution is 2.32. The summed E-state index contributed by atoms with van der Waals surface area (Å²) in [4.78, 5) is 3.28. The second kappa shape index (κ2) is 5.78. The Kier molecular flexibility index (Phi) is 4.26. The van der Waals surface area contributed by atoms with E-state index in [0.29, 0.717) is 24.5 Å². The molecule has 0 atom stereocenters. The van der Waals surface area contributed by atoms with Gasteiger partial charge in [-0.25, -0.2) is 4.98 Å². The molecular weight excluding hydrogens is 254 g/mol. The highest BCUT2D eigenvalue weighted by molar-refractivity contribution is 5.56. The molecule has 2 rings (SSSR count). The standard InChI is InChI=1S/C15H21N3O2/c1-4-13-12-9-20-15(2,3)7-10(12)11(8-16)14(18-13)17-5-6-19/h19H,4-7,9H2,1-3H3,(H,17,18)/p+1. The first-order chi connectivity index (χ1) is 9.52. The largest absolute Gasteiger partial charge is 0.392 e. The van der Waals surface area contributed by atoms with Crippen molar-refractivity contribution in [1.82, 2.24) is 0 Å². The average molecular weight is 276 g/mol. The van der Waals surface area contributed by atoms with Crippen molar-refractivity contribution in [2.75, 3.05) is 18.5 Å². The van der Waals surface area contributed by atoms with E-state index in [1.807, 2.05) is 13.8 Å². The van der Waals surface area contributed by atoms with Crippen molar-refractivity contribution >= 4 is 5.82 Å². The minimum atomic E-state index is -0.251. The zero-order valence-corrected chi connectivity index (χ0v) is 12.3. The van der Waals surface area contributed by atoms with Gasteiger partial charge in [0.25, 0.3) is 5.82 Å². The highest BCUT2D eigenvalue weighted by Gasteiger charge is 2.33. The van der Waals surface area contributed by atoms with Crippen LogP contribution < -0.4 is 10.3 Å². The number of hydrogen-bond acceptors (Lipinski definition) is 4. The summed E-state index contributed by atoms with van der Waals surface area (Å²) >= 11 is 0. The van der Waals surface area contributed by atoms with Crippen LogP contribution in [0, 0.1) is 11.3 Å². The van der Waals surface area contributed by atoms with Crippen molar-refractivity contribution in [2.24, 2.45) is 0 Å². The fourth-order valence-electron chi connectivity index (χ4n) is 2.62. The molecule has 0 radical (unpaired) electrons. The third-order valence-corrected chi connectivity index (χ3v) is 3.64. The van der Waals surface area contributed by atoms with Crippen LogP contribution in [-0.4, -0.2) is 23.9 Å². The molecule has 0 unspecified atom stereocenters. The third-order valence-electron chi connectivity index (χ3n) is 3.64. The van der Waals surface area contributed by atoms with Crippen molar-refractivity contribution in [2.45, 2.75) is 45.8 Å². The van der Waals surface area contributed by atoms with Gasteiger partial charge in [-0.15, -0.1) is 0 Å². The normalized spacial score (nSPS) is 16.4. The summed E-state index contributed by atoms with van der Waals surface area (Å²) in [5, 5.41) is 21.6. The van der Waals surface area contributed by atoms with E-state index in [4.69, 9.17) is 9.84 Å². The summed E-state index contributed by atoms with van der Waals surface area (Å²) in [5.41, 5.74) is 3.66. The van der Waals surface area contributed by atoms with E-state index in [9.17, 15) is 5.26 Å². The zero-order chi connectivity index (χ0) is 14.8. The topological polar surface area (TPSA) is 79.4 Å². The molecule has 0 saturated heterocycles. The Balaban J connectivity index is 2.55. The van der Waals surface area contributed by atoms with Gasteiger partial charge >= 0.3 is 0 Å². The lowest BCUT2D eigenvalue weighted by Crippen LogP contribution is -2.36. The van der Waals surface area contributed by atoms with Crippen molar-refractivity contribution in [3.05, 3.63) is 22.4 Å². The van der Waals surface area contributed by atoms with Crippen LogP contribution in [0.4, 0.5) is 5.82 Å². The fraction of sp³-hybridized carbons (Fsp3) is 0.600. The maximum absolute atomic E-state index is 9.49. The minimum absolute atomic E-state index is 0.0336. The van der Waals surface area contributed by atoms with Crippen molar-refractivity contribution < 1.29 is 14.8 Å². The van der Waals surface area contributed by atoms with Crippen LogP contribution in [0.5, 0.6) is 0 Å². The monoisotopic (exact) mass is 276 g/mol. The number of aromatic amines is 1. The van der Waals surface area contributed by atoms with Gasteiger partial charge in [0.05, 0.1) is 18.8 Å². The number of aryl methyl sites for hydroxylation is 1. The van der Waals surface area contributed by atoms with Crippen LogP contribution in [0.2, 0.25) is 0 Å². The summed E-state index contributed by atoms with van der Waals surface area (Å²) in [6.45, 7) is 7.16. The van der Waals surface area contributed by atoms with Crippen LogP contribution in [-0.2, 0) is 24.2 Å². The maximum Gasteiger partial charge on any atom is 0.290 e. The Hall–Kier alpha value is -1.64. The van der Waals surface area contributed by atoms with Crippen molar-refractivity contribution in [3.8, 4) is 6.07 Å². The first-order valence-electron chi connectivity index (χ1n) is 7.01. The second-order valence-corrected chi connectivity index (χ2v) is 5.65. The molecule has 1 aliphatic heterocycles. The smallest absolute Gasteiger partial charge is 0.290 e. The van der Waals surface area contributed by atoms with Gasteiger partial charge in [-0.2, -0.15) is 5.26 Å². The molecule has 0 aliphatic carbocycles. The SMILES string of the molecule is CCc1[nH+]c(NCCO)c(C#N)c2c1COC(C)(C)C2. The molecule has 0 saturated carbocycles. The van der Waals surface area contributed by atoms with Gasteiger partial charge in [0, 0.05) is 18.4 Å². The second-order valence-electron chi connectivity index (χ2n) is 5.65. The number of rotatable bonds is 4. The number of fused-ring (bicyclic) bond motifs is 1. The molecule has 0 fully saturated rings. The number of pyridine rings is 1. The van der Waals surface area contributed by atoms with E-state index >= 15 is 0 Å². The van der Waals surface area contributed by atoms with Crippen LogP contribution in [0.3, 0.4) is 0 Å². The number of nitriles is 1. The van der Waals surface area contributed by atoms with Gasteiger partial charge in [0.15, 0.2) is 0 Å². The zero-order valence-electron chi connectivity index (χ0n) is 12.3. The summed E-state index contributed by atoms with van der Waals surface area (Å²) in [5.74, 6) is 0.704. The maximum atomic E-state index is 9.49. The number of ether oxygens (including phenoxy) is 1. The van der Waals surface area contributed by atoms with E-state index in [1.54, 1.807) is 0 Å². The molecule has 20 heavy (non-hydrogen) atoms. The minimum Gasteiger partial charge on any atom is -0.392 e. The predicted octanol–water partition coefficient (Wildman–Crippen LogP) is 1.19. The van der Waals surface area contributed by atoms with Crippen LogP contribution >= 0.6 is 0 Å². The van der Waals surface area contributed by atoms with Crippen molar-refractivity contribution in [3.63, 3.8) is 0 Å². The van der Waals surface area contributed by atoms with E-state index in [2.05, 4.69) is 23.3 Å². The van der Waals surface area contributed by atoms with E-state index < -0.39 is 0 Å². The number of anilines is 1. The summed E-state index contributed by atoms with van der Waals surface area (Å²) in [7, 11) is 0. The number of aromatic nitrogens is 1. The first kappa shape index (κ1) is 14.8. The van der Waals surface area contributed by atoms with Gasteiger partial charge in [-0.1, -0.05) is 6.92 Å². The van der Waals surface area contributed by atoms with Crippen LogP contribution in [0.1, 0.15) is 43.2 Å². The summed E-state index contributed by atoms with van der Waals surface area (Å²) in [6.07, 6.45) is 1.58. The number of hydrogen-bond donors (Lipinski definition) is 2. The van der Waals surface area contributed by atoms with E-state index in [1.165, 1.54) is 0 Å². The van der Waals surface area contributed by atoms with Gasteiger partial charge < -0.3 is 9.84 Å². The molecule has 0 bridgehead atoms. The highest BCUT2D eigenvalue weighted by atomic mass is 16.5. The van der Waals surface area contributed by atoms with Crippen molar-refractivity contribution in [1.29, 1.82) is 5.26 Å².